The van der Waals surface area contributed by atoms with E-state index in [2.05, 4.69) is 17.4 Å². The van der Waals surface area contributed by atoms with Crippen molar-refractivity contribution in [1.82, 2.24) is 9.88 Å². The van der Waals surface area contributed by atoms with Crippen molar-refractivity contribution in [3.8, 4) is 0 Å². The van der Waals surface area contributed by atoms with Crippen LogP contribution in [0.3, 0.4) is 0 Å². The highest BCUT2D eigenvalue weighted by molar-refractivity contribution is 5.76. The molecule has 0 spiro atoms. The van der Waals surface area contributed by atoms with E-state index >= 15 is 4.39 Å². The van der Waals surface area contributed by atoms with Crippen molar-refractivity contribution in [3.05, 3.63) is 58.3 Å². The maximum Gasteiger partial charge on any atom is 0.325 e. The Balaban J connectivity index is 1.18. The van der Waals surface area contributed by atoms with Crippen LogP contribution in [-0.4, -0.2) is 65.6 Å². The Bertz CT molecular complexity index is 1190. The number of hydrogen-bond acceptors (Lipinski definition) is 6. The van der Waals surface area contributed by atoms with E-state index in [1.807, 2.05) is 36.9 Å². The van der Waals surface area contributed by atoms with Crippen molar-refractivity contribution >= 4 is 11.8 Å². The Labute approximate surface area is 237 Å². The van der Waals surface area contributed by atoms with Crippen LogP contribution >= 0.6 is 0 Å². The third-order valence-electron chi connectivity index (χ3n) is 9.22. The number of methoxy groups -OCH3 is 1. The lowest BCUT2D eigenvalue weighted by Gasteiger charge is -2.38. The van der Waals surface area contributed by atoms with Crippen LogP contribution in [0.1, 0.15) is 79.9 Å². The summed E-state index contributed by atoms with van der Waals surface area (Å²) in [7, 11) is 1.67. The predicted molar refractivity (Wildman–Crippen MR) is 153 cm³/mol. The second kappa shape index (κ2) is 12.5. The molecule has 1 aromatic heterocycles. The minimum absolute atomic E-state index is 0.143. The number of alkyl halides is 1. The van der Waals surface area contributed by atoms with Gasteiger partial charge < -0.3 is 19.9 Å². The number of pyridine rings is 1. The van der Waals surface area contributed by atoms with Crippen molar-refractivity contribution in [2.24, 2.45) is 5.92 Å². The van der Waals surface area contributed by atoms with Gasteiger partial charge in [0.25, 0.3) is 0 Å². The second-order valence-electron chi connectivity index (χ2n) is 12.2. The first-order valence-electron chi connectivity index (χ1n) is 14.9. The lowest BCUT2D eigenvalue weighted by molar-refractivity contribution is -0.143. The number of unbranched alkanes of at least 4 members (excludes halogenated alkanes) is 1. The molecule has 1 fully saturated rings. The van der Waals surface area contributed by atoms with Crippen LogP contribution in [0.4, 0.5) is 10.2 Å². The van der Waals surface area contributed by atoms with Crippen LogP contribution < -0.4 is 5.32 Å². The number of ether oxygens (including phenoxy) is 2. The van der Waals surface area contributed by atoms with Crippen molar-refractivity contribution in [1.29, 1.82) is 0 Å². The number of nitrogens with zero attached hydrogens (tertiary/aromatic N) is 2. The highest BCUT2D eigenvalue weighted by Gasteiger charge is 2.40. The summed E-state index contributed by atoms with van der Waals surface area (Å²) in [6.45, 7) is 6.44. The Hall–Kier alpha value is -2.55. The van der Waals surface area contributed by atoms with Crippen molar-refractivity contribution in [2.45, 2.75) is 95.7 Å². The number of aromatic nitrogens is 1. The summed E-state index contributed by atoms with van der Waals surface area (Å²) in [6, 6.07) is 9.32. The van der Waals surface area contributed by atoms with Gasteiger partial charge in [-0.2, -0.15) is 0 Å². The topological polar surface area (TPSA) is 83.9 Å². The van der Waals surface area contributed by atoms with Gasteiger partial charge in [0.2, 0.25) is 0 Å². The maximum atomic E-state index is 15.4. The summed E-state index contributed by atoms with van der Waals surface area (Å²) in [5, 5.41) is 13.7. The molecule has 7 nitrogen and oxygen atoms in total. The molecule has 2 N–H and O–H groups in total. The number of nitrogens with one attached hydrogen (secondary N) is 1. The van der Waals surface area contributed by atoms with Gasteiger partial charge in [-0.3, -0.25) is 9.69 Å². The fraction of sp³-hybridized carbons (Fsp3) is 0.625. The van der Waals surface area contributed by atoms with Crippen molar-refractivity contribution in [3.63, 3.8) is 0 Å². The number of fused-ring (bicyclic) bond motifs is 2. The average molecular weight is 554 g/mol. The molecule has 1 aromatic carbocycles. The molecule has 0 saturated carbocycles. The molecule has 4 atom stereocenters. The minimum Gasteiger partial charge on any atom is -0.480 e. The monoisotopic (exact) mass is 553 g/mol. The van der Waals surface area contributed by atoms with Crippen LogP contribution in [0.5, 0.6) is 0 Å². The van der Waals surface area contributed by atoms with Crippen molar-refractivity contribution in [2.75, 3.05) is 32.1 Å². The second-order valence-corrected chi connectivity index (χ2v) is 12.2. The number of benzene rings is 1. The third-order valence-corrected chi connectivity index (χ3v) is 9.22. The quantitative estimate of drug-likeness (QED) is 0.355. The van der Waals surface area contributed by atoms with E-state index in [-0.39, 0.29) is 12.0 Å². The maximum absolute atomic E-state index is 15.4. The van der Waals surface area contributed by atoms with Gasteiger partial charge in [-0.25, -0.2) is 9.37 Å². The summed E-state index contributed by atoms with van der Waals surface area (Å²) in [5.41, 5.74) is 4.71. The Morgan fingerprint density at radius 2 is 2.12 bits per heavy atom. The Morgan fingerprint density at radius 3 is 2.92 bits per heavy atom. The van der Waals surface area contributed by atoms with Crippen LogP contribution in [-0.2, 0) is 40.1 Å². The average Bonchev–Trinajstić information content (AvgIpc) is 3.44. The first-order chi connectivity index (χ1) is 19.3. The number of halogens is 1. The van der Waals surface area contributed by atoms with E-state index in [0.717, 1.165) is 66.9 Å². The fourth-order valence-electron chi connectivity index (χ4n) is 6.53. The number of carbonyl (C=O) groups is 1. The Morgan fingerprint density at radius 1 is 1.27 bits per heavy atom. The number of aryl methyl sites for hydroxylation is 2. The smallest absolute Gasteiger partial charge is 0.325 e. The van der Waals surface area contributed by atoms with E-state index in [1.165, 1.54) is 5.56 Å². The summed E-state index contributed by atoms with van der Waals surface area (Å²) in [6.07, 6.45) is 5.45. The highest BCUT2D eigenvalue weighted by Crippen LogP contribution is 2.37. The van der Waals surface area contributed by atoms with Crippen LogP contribution in [0.25, 0.3) is 0 Å². The largest absolute Gasteiger partial charge is 0.480 e. The molecule has 0 amide bonds. The van der Waals surface area contributed by atoms with Gasteiger partial charge in [0.15, 0.2) is 0 Å². The molecule has 3 aliphatic rings. The normalized spacial score (nSPS) is 22.7. The summed E-state index contributed by atoms with van der Waals surface area (Å²) < 4.78 is 27.1. The Kier molecular flexibility index (Phi) is 9.08. The van der Waals surface area contributed by atoms with Gasteiger partial charge in [0.1, 0.15) is 18.0 Å². The lowest BCUT2D eigenvalue weighted by atomic mass is 9.85. The van der Waals surface area contributed by atoms with Crippen LogP contribution in [0.2, 0.25) is 0 Å². The highest BCUT2D eigenvalue weighted by atomic mass is 19.1. The van der Waals surface area contributed by atoms with Gasteiger partial charge in [-0.1, -0.05) is 30.7 Å². The molecule has 8 heteroatoms. The molecule has 2 aromatic rings. The van der Waals surface area contributed by atoms with Gasteiger partial charge in [0.05, 0.1) is 18.3 Å². The molecule has 1 saturated heterocycles. The summed E-state index contributed by atoms with van der Waals surface area (Å²) in [5.74, 6) is -0.0159. The summed E-state index contributed by atoms with van der Waals surface area (Å²) in [4.78, 5) is 19.3. The van der Waals surface area contributed by atoms with Gasteiger partial charge in [-0.05, 0) is 87.2 Å². The zero-order valence-electron chi connectivity index (χ0n) is 24.1. The zero-order valence-corrected chi connectivity index (χ0v) is 24.1. The first kappa shape index (κ1) is 29.0. The van der Waals surface area contributed by atoms with E-state index in [9.17, 15) is 9.90 Å². The molecule has 0 radical (unpaired) electrons. The number of aliphatic carboxylic acids is 1. The molecular formula is C32H44FN3O4. The molecule has 4 heterocycles. The molecule has 40 heavy (non-hydrogen) atoms. The zero-order chi connectivity index (χ0) is 28.3. The number of likely N-dealkylation sites (tertiary alicyclic amines) is 1. The molecular weight excluding hydrogens is 509 g/mol. The van der Waals surface area contributed by atoms with E-state index in [0.29, 0.717) is 39.0 Å². The molecule has 5 rings (SSSR count). The number of carboxylic acid groups (broad SMARTS) is 1. The minimum atomic E-state index is -0.928. The molecule has 0 bridgehead atoms. The van der Waals surface area contributed by atoms with E-state index in [4.69, 9.17) is 14.5 Å². The molecule has 0 unspecified atom stereocenters. The van der Waals surface area contributed by atoms with E-state index in [1.54, 1.807) is 7.11 Å². The van der Waals surface area contributed by atoms with Crippen molar-refractivity contribution < 1.29 is 23.8 Å². The molecule has 218 valence electrons. The number of anilines is 1. The van der Waals surface area contributed by atoms with Gasteiger partial charge in [0, 0.05) is 38.2 Å². The van der Waals surface area contributed by atoms with Gasteiger partial charge >= 0.3 is 5.97 Å². The predicted octanol–water partition coefficient (Wildman–Crippen LogP) is 5.50. The van der Waals surface area contributed by atoms with Crippen LogP contribution in [0.15, 0.2) is 30.3 Å². The number of carboxylic acids is 1. The lowest BCUT2D eigenvalue weighted by Crippen LogP contribution is -2.44. The van der Waals surface area contributed by atoms with Crippen LogP contribution in [0, 0.1) is 5.92 Å². The third kappa shape index (κ3) is 6.34. The summed E-state index contributed by atoms with van der Waals surface area (Å²) >= 11 is 0. The first-order valence-corrected chi connectivity index (χ1v) is 14.9. The fourth-order valence-corrected chi connectivity index (χ4v) is 6.53. The number of hydrogen-bond donors (Lipinski definition) is 2. The standard InChI is InChI=1S/C32H44FN3O4/c1-32(2,39-3)28-18-26-23(20-40-28)8-6-11-25(26)29(31(37)38)36-17-15-22(19-36)27(33)12-5-4-10-24-14-13-21-9-7-16-34-30(21)35-24/h6,8,11,13-14,22,27-29H,4-5,7,9-10,12,15-20H2,1-3H3,(H,34,35)(H,37,38)/t22-,27+,28+,29-/m1/s1. The number of rotatable bonds is 11. The molecule has 0 aliphatic carbocycles. The SMILES string of the molecule is COC(C)(C)[C@@H]1Cc2c(cccc2[C@H](C(=O)O)N2CC[C@@H]([C@@H](F)CCCCc3ccc4c(n3)NCCC4)C2)CO1. The van der Waals surface area contributed by atoms with E-state index < -0.39 is 23.8 Å². The van der Waals surface area contributed by atoms with Gasteiger partial charge in [-0.15, -0.1) is 0 Å². The molecule has 3 aliphatic heterocycles.